The van der Waals surface area contributed by atoms with Gasteiger partial charge in [-0.1, -0.05) is 0 Å². The Morgan fingerprint density at radius 3 is 2.67 bits per heavy atom. The maximum absolute atomic E-state index is 10.1. The zero-order chi connectivity index (χ0) is 9.19. The van der Waals surface area contributed by atoms with Gasteiger partial charge in [0, 0.05) is 18.9 Å². The first-order valence-electron chi connectivity index (χ1n) is 3.79. The van der Waals surface area contributed by atoms with Gasteiger partial charge < -0.3 is 4.57 Å². The molecule has 0 bridgehead atoms. The van der Waals surface area contributed by atoms with Crippen LogP contribution in [-0.4, -0.2) is 10.6 Å². The maximum atomic E-state index is 10.1. The Labute approximate surface area is 71.7 Å². The summed E-state index contributed by atoms with van der Waals surface area (Å²) in [5, 5.41) is 0. The number of hydrogen-bond acceptors (Lipinski definition) is 2. The Kier molecular flexibility index (Phi) is 2.15. The first-order valence-corrected chi connectivity index (χ1v) is 3.79. The molecular formula is C9H12N2O. The van der Waals surface area contributed by atoms with Gasteiger partial charge in [0.1, 0.15) is 5.54 Å². The number of isocyanates is 1. The largest absolute Gasteiger partial charge is 0.352 e. The molecule has 0 N–H and O–H groups in total. The van der Waals surface area contributed by atoms with Crippen molar-refractivity contribution >= 4 is 6.08 Å². The highest BCUT2D eigenvalue weighted by atomic mass is 16.1. The molecule has 0 fully saturated rings. The topological polar surface area (TPSA) is 34.4 Å². The van der Waals surface area contributed by atoms with Crippen LogP contribution < -0.4 is 0 Å². The molecule has 0 saturated carbocycles. The van der Waals surface area contributed by atoms with E-state index in [1.54, 1.807) is 6.08 Å². The van der Waals surface area contributed by atoms with Crippen molar-refractivity contribution < 1.29 is 4.79 Å². The number of hydrogen-bond donors (Lipinski definition) is 0. The number of carbonyl (C=O) groups excluding carboxylic acids is 1. The van der Waals surface area contributed by atoms with Crippen molar-refractivity contribution in [1.29, 1.82) is 0 Å². The van der Waals surface area contributed by atoms with E-state index in [0.717, 1.165) is 5.69 Å². The van der Waals surface area contributed by atoms with Gasteiger partial charge in [-0.3, -0.25) is 0 Å². The van der Waals surface area contributed by atoms with Crippen LogP contribution in [0, 0.1) is 0 Å². The second-order valence-electron chi connectivity index (χ2n) is 3.27. The number of aryl methyl sites for hydroxylation is 1. The van der Waals surface area contributed by atoms with E-state index in [-0.39, 0.29) is 0 Å². The van der Waals surface area contributed by atoms with Gasteiger partial charge in [-0.05, 0) is 26.0 Å². The summed E-state index contributed by atoms with van der Waals surface area (Å²) in [6, 6.07) is 3.87. The molecule has 0 spiro atoms. The van der Waals surface area contributed by atoms with E-state index in [9.17, 15) is 4.79 Å². The van der Waals surface area contributed by atoms with Crippen LogP contribution in [0.1, 0.15) is 19.5 Å². The van der Waals surface area contributed by atoms with Crippen LogP contribution in [0.25, 0.3) is 0 Å². The number of aromatic nitrogens is 1. The van der Waals surface area contributed by atoms with E-state index in [1.165, 1.54) is 0 Å². The zero-order valence-electron chi connectivity index (χ0n) is 7.53. The van der Waals surface area contributed by atoms with Gasteiger partial charge in [0.15, 0.2) is 0 Å². The lowest BCUT2D eigenvalue weighted by molar-refractivity contribution is 0.498. The molecule has 0 aliphatic heterocycles. The standard InChI is InChI=1S/C9H12N2O/c1-9(2,10-7-12)8-5-4-6-11(8)3/h4-6H,1-3H3. The minimum atomic E-state index is -0.472. The fraction of sp³-hybridized carbons (Fsp3) is 0.444. The number of aliphatic imine (C=N–C) groups is 1. The molecule has 1 aromatic heterocycles. The molecule has 0 amide bonds. The van der Waals surface area contributed by atoms with Crippen LogP contribution in [0.5, 0.6) is 0 Å². The van der Waals surface area contributed by atoms with Crippen molar-refractivity contribution in [3.63, 3.8) is 0 Å². The minimum Gasteiger partial charge on any atom is -0.352 e. The molecule has 1 heterocycles. The minimum absolute atomic E-state index is 0.472. The van der Waals surface area contributed by atoms with Gasteiger partial charge in [0.05, 0.1) is 0 Å². The van der Waals surface area contributed by atoms with Crippen LogP contribution in [0.15, 0.2) is 23.3 Å². The Hall–Kier alpha value is -1.34. The average Bonchev–Trinajstić information content (AvgIpc) is 2.35. The van der Waals surface area contributed by atoms with Crippen molar-refractivity contribution in [2.45, 2.75) is 19.4 Å². The van der Waals surface area contributed by atoms with Crippen LogP contribution in [0.2, 0.25) is 0 Å². The Morgan fingerprint density at radius 1 is 1.58 bits per heavy atom. The summed E-state index contributed by atoms with van der Waals surface area (Å²) in [5.74, 6) is 0. The molecule has 12 heavy (non-hydrogen) atoms. The predicted octanol–water partition coefficient (Wildman–Crippen LogP) is 1.60. The summed E-state index contributed by atoms with van der Waals surface area (Å²) in [7, 11) is 1.93. The lowest BCUT2D eigenvalue weighted by atomic mass is 10.0. The lowest BCUT2D eigenvalue weighted by Gasteiger charge is -2.18. The molecule has 64 valence electrons. The quantitative estimate of drug-likeness (QED) is 0.483. The smallest absolute Gasteiger partial charge is 0.235 e. The molecule has 0 saturated heterocycles. The highest BCUT2D eigenvalue weighted by Crippen LogP contribution is 2.23. The Bertz CT molecular complexity index is 319. The van der Waals surface area contributed by atoms with E-state index in [4.69, 9.17) is 0 Å². The van der Waals surface area contributed by atoms with Gasteiger partial charge in [-0.25, -0.2) is 4.79 Å². The third kappa shape index (κ3) is 1.46. The second-order valence-corrected chi connectivity index (χ2v) is 3.27. The molecule has 1 aromatic rings. The molecule has 3 heteroatoms. The summed E-state index contributed by atoms with van der Waals surface area (Å²) in [6.45, 7) is 3.76. The average molecular weight is 164 g/mol. The van der Waals surface area contributed by atoms with E-state index in [2.05, 4.69) is 4.99 Å². The van der Waals surface area contributed by atoms with Crippen LogP contribution in [0.4, 0.5) is 0 Å². The summed E-state index contributed by atoms with van der Waals surface area (Å²) in [5.41, 5.74) is 0.533. The van der Waals surface area contributed by atoms with Crippen molar-refractivity contribution in [2.24, 2.45) is 12.0 Å². The predicted molar refractivity (Wildman–Crippen MR) is 46.6 cm³/mol. The van der Waals surface area contributed by atoms with E-state index < -0.39 is 5.54 Å². The lowest BCUT2D eigenvalue weighted by Crippen LogP contribution is -2.17. The van der Waals surface area contributed by atoms with Crippen molar-refractivity contribution in [1.82, 2.24) is 4.57 Å². The molecule has 0 aliphatic rings. The fourth-order valence-corrected chi connectivity index (χ4v) is 1.27. The van der Waals surface area contributed by atoms with E-state index >= 15 is 0 Å². The van der Waals surface area contributed by atoms with Gasteiger partial charge in [0.2, 0.25) is 6.08 Å². The van der Waals surface area contributed by atoms with E-state index in [0.29, 0.717) is 0 Å². The van der Waals surface area contributed by atoms with E-state index in [1.807, 2.05) is 43.8 Å². The normalized spacial score (nSPS) is 10.9. The van der Waals surface area contributed by atoms with Gasteiger partial charge in [0.25, 0.3) is 0 Å². The SMILES string of the molecule is Cn1cccc1C(C)(C)N=C=O. The molecular weight excluding hydrogens is 152 g/mol. The first-order chi connectivity index (χ1) is 5.58. The molecule has 0 aliphatic carbocycles. The Balaban J connectivity index is 3.12. The summed E-state index contributed by atoms with van der Waals surface area (Å²) in [6.07, 6.45) is 3.51. The molecule has 0 aromatic carbocycles. The Morgan fingerprint density at radius 2 is 2.25 bits per heavy atom. The van der Waals surface area contributed by atoms with Gasteiger partial charge in [-0.2, -0.15) is 4.99 Å². The summed E-state index contributed by atoms with van der Waals surface area (Å²) >= 11 is 0. The molecule has 0 radical (unpaired) electrons. The van der Waals surface area contributed by atoms with Crippen molar-refractivity contribution in [3.8, 4) is 0 Å². The van der Waals surface area contributed by atoms with Crippen molar-refractivity contribution in [2.75, 3.05) is 0 Å². The van der Waals surface area contributed by atoms with Crippen molar-refractivity contribution in [3.05, 3.63) is 24.0 Å². The van der Waals surface area contributed by atoms with Crippen LogP contribution in [0.3, 0.4) is 0 Å². The molecule has 0 atom stereocenters. The first kappa shape index (κ1) is 8.75. The number of nitrogens with zero attached hydrogens (tertiary/aromatic N) is 2. The molecule has 1 rings (SSSR count). The van der Waals surface area contributed by atoms with Crippen LogP contribution >= 0.6 is 0 Å². The third-order valence-electron chi connectivity index (χ3n) is 1.90. The number of rotatable bonds is 2. The highest BCUT2D eigenvalue weighted by molar-refractivity contribution is 5.36. The third-order valence-corrected chi connectivity index (χ3v) is 1.90. The molecule has 0 unspecified atom stereocenters. The fourth-order valence-electron chi connectivity index (χ4n) is 1.27. The molecule has 3 nitrogen and oxygen atoms in total. The monoisotopic (exact) mass is 164 g/mol. The zero-order valence-corrected chi connectivity index (χ0v) is 7.53. The maximum Gasteiger partial charge on any atom is 0.235 e. The summed E-state index contributed by atoms with van der Waals surface area (Å²) < 4.78 is 1.95. The van der Waals surface area contributed by atoms with Crippen LogP contribution in [-0.2, 0) is 17.4 Å². The second kappa shape index (κ2) is 2.95. The van der Waals surface area contributed by atoms with Gasteiger partial charge in [-0.15, -0.1) is 0 Å². The highest BCUT2D eigenvalue weighted by Gasteiger charge is 2.21. The summed E-state index contributed by atoms with van der Waals surface area (Å²) in [4.78, 5) is 13.9. The van der Waals surface area contributed by atoms with Gasteiger partial charge >= 0.3 is 0 Å².